The van der Waals surface area contributed by atoms with E-state index in [-0.39, 0.29) is 5.91 Å². The molecule has 0 aliphatic carbocycles. The minimum atomic E-state index is -0.0333. The third-order valence-corrected chi connectivity index (χ3v) is 5.92. The van der Waals surface area contributed by atoms with Crippen molar-refractivity contribution in [2.24, 2.45) is 0 Å². The summed E-state index contributed by atoms with van der Waals surface area (Å²) >= 11 is 9.08. The Labute approximate surface area is 153 Å². The molecule has 7 heteroatoms. The zero-order valence-corrected chi connectivity index (χ0v) is 15.6. The Balaban J connectivity index is 1.59. The highest BCUT2D eigenvalue weighted by Crippen LogP contribution is 2.32. The molecule has 0 radical (unpaired) electrons. The van der Waals surface area contributed by atoms with Crippen molar-refractivity contribution in [2.45, 2.75) is 18.1 Å². The number of benzene rings is 1. The Morgan fingerprint density at radius 3 is 2.71 bits per heavy atom. The number of thiophene rings is 1. The van der Waals surface area contributed by atoms with Crippen LogP contribution in [0.4, 0.5) is 5.69 Å². The van der Waals surface area contributed by atoms with E-state index in [4.69, 9.17) is 11.6 Å². The van der Waals surface area contributed by atoms with Crippen LogP contribution in [-0.4, -0.2) is 21.9 Å². The Bertz CT molecular complexity index is 836. The van der Waals surface area contributed by atoms with Gasteiger partial charge in [0, 0.05) is 5.02 Å². The fraction of sp³-hybridized carbons (Fsp3) is 0.176. The Morgan fingerprint density at radius 1 is 1.29 bits per heavy atom. The van der Waals surface area contributed by atoms with E-state index in [2.05, 4.69) is 27.0 Å². The van der Waals surface area contributed by atoms with E-state index in [0.29, 0.717) is 5.75 Å². The van der Waals surface area contributed by atoms with Crippen LogP contribution in [-0.2, 0) is 4.79 Å². The maximum absolute atomic E-state index is 12.1. The number of aromatic nitrogens is 2. The lowest BCUT2D eigenvalue weighted by molar-refractivity contribution is -0.113. The van der Waals surface area contributed by atoms with E-state index in [9.17, 15) is 4.79 Å². The van der Waals surface area contributed by atoms with Gasteiger partial charge < -0.3 is 5.32 Å². The van der Waals surface area contributed by atoms with Gasteiger partial charge in [-0.15, -0.1) is 23.1 Å². The third kappa shape index (κ3) is 4.01. The normalized spacial score (nSPS) is 10.8. The number of aryl methyl sites for hydroxylation is 2. The van der Waals surface area contributed by atoms with Gasteiger partial charge in [-0.3, -0.25) is 9.89 Å². The maximum atomic E-state index is 12.1. The number of nitrogens with one attached hydrogen (secondary N) is 2. The zero-order valence-electron chi connectivity index (χ0n) is 13.2. The number of hydrogen-bond acceptors (Lipinski definition) is 4. The first kappa shape index (κ1) is 17.1. The average Bonchev–Trinajstić information content (AvgIpc) is 3.16. The molecular weight excluding hydrogens is 362 g/mol. The molecule has 2 aromatic heterocycles. The smallest absolute Gasteiger partial charge is 0.234 e. The van der Waals surface area contributed by atoms with Gasteiger partial charge in [-0.2, -0.15) is 5.10 Å². The molecule has 0 unspecified atom stereocenters. The van der Waals surface area contributed by atoms with E-state index in [0.717, 1.165) is 37.4 Å². The molecule has 3 rings (SSSR count). The quantitative estimate of drug-likeness (QED) is 0.605. The van der Waals surface area contributed by atoms with Crippen LogP contribution in [0, 0.1) is 13.8 Å². The lowest BCUT2D eigenvalue weighted by Gasteiger charge is -2.04. The number of anilines is 1. The highest BCUT2D eigenvalue weighted by atomic mass is 35.5. The number of thioether (sulfide) groups is 1. The molecule has 0 saturated heterocycles. The number of nitrogens with zero attached hydrogens (tertiary/aromatic N) is 1. The molecule has 3 aromatic rings. The first-order valence-corrected chi connectivity index (χ1v) is 9.56. The van der Waals surface area contributed by atoms with Crippen molar-refractivity contribution in [1.29, 1.82) is 0 Å². The van der Waals surface area contributed by atoms with Crippen molar-refractivity contribution in [2.75, 3.05) is 11.1 Å². The molecular formula is C17H16ClN3OS2. The van der Waals surface area contributed by atoms with Gasteiger partial charge in [0.2, 0.25) is 5.91 Å². The summed E-state index contributed by atoms with van der Waals surface area (Å²) in [6, 6.07) is 9.85. The maximum Gasteiger partial charge on any atom is 0.234 e. The van der Waals surface area contributed by atoms with Gasteiger partial charge in [0.15, 0.2) is 0 Å². The second-order valence-corrected chi connectivity index (χ2v) is 7.93. The molecule has 1 amide bonds. The molecule has 0 atom stereocenters. The predicted molar refractivity (Wildman–Crippen MR) is 102 cm³/mol. The van der Waals surface area contributed by atoms with Crippen molar-refractivity contribution >= 4 is 46.3 Å². The fourth-order valence-electron chi connectivity index (χ4n) is 2.23. The third-order valence-electron chi connectivity index (χ3n) is 3.49. The number of halogens is 1. The number of rotatable bonds is 5. The standard InChI is InChI=1S/C17H16ClN3OS2/c1-10-17(11(2)21-20-10)19-15(22)9-24-16-7-13(8-23-16)12-3-5-14(18)6-4-12/h3-8H,9H2,1-2H3,(H,19,22)(H,20,21). The summed E-state index contributed by atoms with van der Waals surface area (Å²) in [6.45, 7) is 3.75. The predicted octanol–water partition coefficient (Wildman–Crippen LogP) is 5.14. The van der Waals surface area contributed by atoms with E-state index >= 15 is 0 Å². The molecule has 24 heavy (non-hydrogen) atoms. The zero-order chi connectivity index (χ0) is 17.1. The first-order chi connectivity index (χ1) is 11.5. The topological polar surface area (TPSA) is 57.8 Å². The van der Waals surface area contributed by atoms with Crippen LogP contribution in [0.25, 0.3) is 11.1 Å². The van der Waals surface area contributed by atoms with Gasteiger partial charge in [0.25, 0.3) is 0 Å². The van der Waals surface area contributed by atoms with Gasteiger partial charge in [-0.25, -0.2) is 0 Å². The van der Waals surface area contributed by atoms with Crippen molar-refractivity contribution in [3.63, 3.8) is 0 Å². The Hall–Kier alpha value is -1.76. The van der Waals surface area contributed by atoms with E-state index in [1.165, 1.54) is 11.8 Å². The molecule has 0 aliphatic rings. The van der Waals surface area contributed by atoms with Gasteiger partial charge in [0.05, 0.1) is 27.0 Å². The summed E-state index contributed by atoms with van der Waals surface area (Å²) in [5.41, 5.74) is 4.70. The monoisotopic (exact) mass is 377 g/mol. The van der Waals surface area contributed by atoms with Gasteiger partial charge >= 0.3 is 0 Å². The molecule has 0 bridgehead atoms. The molecule has 1 aromatic carbocycles. The van der Waals surface area contributed by atoms with Crippen LogP contribution < -0.4 is 5.32 Å². The Morgan fingerprint density at radius 2 is 2.04 bits per heavy atom. The van der Waals surface area contributed by atoms with Crippen molar-refractivity contribution in [3.8, 4) is 11.1 Å². The summed E-state index contributed by atoms with van der Waals surface area (Å²) < 4.78 is 1.11. The van der Waals surface area contributed by atoms with Crippen molar-refractivity contribution in [1.82, 2.24) is 10.2 Å². The summed E-state index contributed by atoms with van der Waals surface area (Å²) in [7, 11) is 0. The molecule has 0 aliphatic heterocycles. The average molecular weight is 378 g/mol. The number of hydrogen-bond donors (Lipinski definition) is 2. The lowest BCUT2D eigenvalue weighted by Crippen LogP contribution is -2.14. The molecule has 0 fully saturated rings. The van der Waals surface area contributed by atoms with Crippen LogP contribution in [0.1, 0.15) is 11.4 Å². The highest BCUT2D eigenvalue weighted by Gasteiger charge is 2.11. The second-order valence-electron chi connectivity index (χ2n) is 5.31. The number of carbonyl (C=O) groups is 1. The molecule has 2 N–H and O–H groups in total. The van der Waals surface area contributed by atoms with Crippen LogP contribution in [0.15, 0.2) is 39.9 Å². The van der Waals surface area contributed by atoms with Gasteiger partial charge in [0.1, 0.15) is 0 Å². The molecule has 0 saturated carbocycles. The highest BCUT2D eigenvalue weighted by molar-refractivity contribution is 8.01. The van der Waals surface area contributed by atoms with E-state index in [1.807, 2.05) is 38.1 Å². The molecule has 124 valence electrons. The van der Waals surface area contributed by atoms with Crippen molar-refractivity contribution < 1.29 is 4.79 Å². The van der Waals surface area contributed by atoms with Crippen LogP contribution in [0.3, 0.4) is 0 Å². The van der Waals surface area contributed by atoms with Crippen LogP contribution >= 0.6 is 34.7 Å². The van der Waals surface area contributed by atoms with Crippen molar-refractivity contribution in [3.05, 3.63) is 52.1 Å². The number of amides is 1. The number of H-pyrrole nitrogens is 1. The van der Waals surface area contributed by atoms with E-state index < -0.39 is 0 Å². The summed E-state index contributed by atoms with van der Waals surface area (Å²) in [5, 5.41) is 12.7. The lowest BCUT2D eigenvalue weighted by atomic mass is 10.1. The fourth-order valence-corrected chi connectivity index (χ4v) is 4.15. The second kappa shape index (κ2) is 7.42. The Kier molecular flexibility index (Phi) is 5.28. The van der Waals surface area contributed by atoms with E-state index in [1.54, 1.807) is 11.3 Å². The summed E-state index contributed by atoms with van der Waals surface area (Å²) in [5.74, 6) is 0.332. The molecule has 0 spiro atoms. The minimum absolute atomic E-state index is 0.0333. The number of aromatic amines is 1. The largest absolute Gasteiger partial charge is 0.322 e. The van der Waals surface area contributed by atoms with Gasteiger partial charge in [-0.1, -0.05) is 23.7 Å². The molecule has 2 heterocycles. The van der Waals surface area contributed by atoms with Gasteiger partial charge in [-0.05, 0) is 48.6 Å². The minimum Gasteiger partial charge on any atom is -0.322 e. The summed E-state index contributed by atoms with van der Waals surface area (Å²) in [6.07, 6.45) is 0. The number of carbonyl (C=O) groups excluding carboxylic acids is 1. The van der Waals surface area contributed by atoms with Crippen LogP contribution in [0.5, 0.6) is 0 Å². The first-order valence-electron chi connectivity index (χ1n) is 7.31. The molecule has 4 nitrogen and oxygen atoms in total. The SMILES string of the molecule is Cc1n[nH]c(C)c1NC(=O)CSc1cc(-c2ccc(Cl)cc2)cs1. The summed E-state index contributed by atoms with van der Waals surface area (Å²) in [4.78, 5) is 12.1. The van der Waals surface area contributed by atoms with Crippen LogP contribution in [0.2, 0.25) is 5.02 Å².